The molecule has 14 heavy (non-hydrogen) atoms. The van der Waals surface area contributed by atoms with E-state index in [0.717, 1.165) is 5.92 Å². The molecule has 1 heteroatoms. The van der Waals surface area contributed by atoms with Crippen LogP contribution in [0.3, 0.4) is 0 Å². The molecule has 1 aliphatic rings. The molecule has 0 amide bonds. The Morgan fingerprint density at radius 1 is 1.57 bits per heavy atom. The molecule has 1 rings (SSSR count). The summed E-state index contributed by atoms with van der Waals surface area (Å²) in [4.78, 5) is 0. The van der Waals surface area contributed by atoms with Crippen LogP contribution in [0.1, 0.15) is 33.1 Å². The molecule has 0 radical (unpaired) electrons. The summed E-state index contributed by atoms with van der Waals surface area (Å²) in [6, 6.07) is 0. The van der Waals surface area contributed by atoms with Crippen molar-refractivity contribution in [2.45, 2.75) is 33.1 Å². The molecule has 0 aromatic heterocycles. The highest BCUT2D eigenvalue weighted by molar-refractivity contribution is 7.99. The fourth-order valence-electron chi connectivity index (χ4n) is 2.16. The zero-order valence-electron chi connectivity index (χ0n) is 9.46. The Hall–Kier alpha value is -0.170. The van der Waals surface area contributed by atoms with E-state index in [1.54, 1.807) is 0 Å². The molecule has 0 spiro atoms. The van der Waals surface area contributed by atoms with Crippen LogP contribution >= 0.6 is 11.8 Å². The van der Waals surface area contributed by atoms with Crippen molar-refractivity contribution in [3.8, 4) is 0 Å². The lowest BCUT2D eigenvalue weighted by molar-refractivity contribution is 0.492. The molecular weight excluding hydrogens is 188 g/mol. The Morgan fingerprint density at radius 2 is 2.36 bits per heavy atom. The third-order valence-electron chi connectivity index (χ3n) is 3.12. The first-order chi connectivity index (χ1) is 6.79. The van der Waals surface area contributed by atoms with Crippen LogP contribution < -0.4 is 0 Å². The average Bonchev–Trinajstić information content (AvgIpc) is 2.88. The first-order valence-corrected chi connectivity index (χ1v) is 6.76. The van der Waals surface area contributed by atoms with Crippen molar-refractivity contribution in [1.82, 2.24) is 0 Å². The fraction of sp³-hybridized carbons (Fsp3) is 0.692. The first-order valence-electron chi connectivity index (χ1n) is 5.60. The van der Waals surface area contributed by atoms with Crippen molar-refractivity contribution in [1.29, 1.82) is 0 Å². The molecular formula is C13H22S. The lowest BCUT2D eigenvalue weighted by atomic mass is 10.00. The first kappa shape index (κ1) is 11.9. The summed E-state index contributed by atoms with van der Waals surface area (Å²) in [7, 11) is 0. The van der Waals surface area contributed by atoms with E-state index in [1.807, 2.05) is 0 Å². The second-order valence-corrected chi connectivity index (χ2v) is 5.27. The highest BCUT2D eigenvalue weighted by Crippen LogP contribution is 2.58. The fourth-order valence-corrected chi connectivity index (χ4v) is 3.49. The van der Waals surface area contributed by atoms with Gasteiger partial charge in [0.25, 0.3) is 0 Å². The zero-order valence-corrected chi connectivity index (χ0v) is 10.3. The number of thioether (sulfide) groups is 1. The largest absolute Gasteiger partial charge is 0.157 e. The minimum absolute atomic E-state index is 0.628. The molecule has 1 aliphatic carbocycles. The summed E-state index contributed by atoms with van der Waals surface area (Å²) in [5, 5.41) is 0. The molecule has 2 unspecified atom stereocenters. The van der Waals surface area contributed by atoms with Gasteiger partial charge in [-0.2, -0.15) is 11.8 Å². The topological polar surface area (TPSA) is 0 Å². The Kier molecular flexibility index (Phi) is 4.80. The lowest BCUT2D eigenvalue weighted by Crippen LogP contribution is -2.07. The van der Waals surface area contributed by atoms with E-state index < -0.39 is 0 Å². The van der Waals surface area contributed by atoms with Crippen LogP contribution in [0.5, 0.6) is 0 Å². The van der Waals surface area contributed by atoms with Gasteiger partial charge in [0.1, 0.15) is 0 Å². The van der Waals surface area contributed by atoms with Crippen LogP contribution in [0, 0.1) is 11.3 Å². The number of hydrogen-bond donors (Lipinski definition) is 0. The predicted octanol–water partition coefficient (Wildman–Crippen LogP) is 4.29. The van der Waals surface area contributed by atoms with E-state index in [1.165, 1.54) is 30.8 Å². The summed E-state index contributed by atoms with van der Waals surface area (Å²) in [5.74, 6) is 3.30. The maximum atomic E-state index is 3.92. The summed E-state index contributed by atoms with van der Waals surface area (Å²) in [6.45, 7) is 8.30. The van der Waals surface area contributed by atoms with Gasteiger partial charge in [-0.1, -0.05) is 31.6 Å². The summed E-state index contributed by atoms with van der Waals surface area (Å²) in [6.07, 6.45) is 10.6. The van der Waals surface area contributed by atoms with Gasteiger partial charge in [0.2, 0.25) is 0 Å². The molecule has 0 aliphatic heterocycles. The summed E-state index contributed by atoms with van der Waals surface area (Å²) in [5.41, 5.74) is 0.628. The number of hydrogen-bond acceptors (Lipinski definition) is 1. The third kappa shape index (κ3) is 2.91. The molecule has 0 nitrogen and oxygen atoms in total. The van der Waals surface area contributed by atoms with E-state index in [4.69, 9.17) is 0 Å². The monoisotopic (exact) mass is 210 g/mol. The molecule has 0 bridgehead atoms. The highest BCUT2D eigenvalue weighted by Gasteiger charge is 2.50. The normalized spacial score (nSPS) is 30.9. The smallest absolute Gasteiger partial charge is 0.0113 e. The highest BCUT2D eigenvalue weighted by atomic mass is 32.2. The molecule has 0 N–H and O–H groups in total. The Bertz CT molecular complexity index is 207. The molecule has 0 heterocycles. The van der Waals surface area contributed by atoms with Gasteiger partial charge in [0, 0.05) is 5.75 Å². The van der Waals surface area contributed by atoms with Crippen molar-refractivity contribution in [3.05, 3.63) is 24.8 Å². The molecule has 80 valence electrons. The molecule has 2 atom stereocenters. The molecule has 1 fully saturated rings. The quantitative estimate of drug-likeness (QED) is 0.446. The minimum Gasteiger partial charge on any atom is -0.157 e. The Balaban J connectivity index is 2.28. The zero-order chi connectivity index (χ0) is 10.4. The average molecular weight is 210 g/mol. The standard InChI is InChI=1S/C13H22S/c1-4-7-9-14-11-13(8-5-2)10-12(13)6-3/h4,6-7,12H,3,5,8-11H2,1-2H3. The second-order valence-electron chi connectivity index (χ2n) is 4.24. The van der Waals surface area contributed by atoms with E-state index >= 15 is 0 Å². The van der Waals surface area contributed by atoms with E-state index in [9.17, 15) is 0 Å². The minimum atomic E-state index is 0.628. The van der Waals surface area contributed by atoms with Gasteiger partial charge in [-0.25, -0.2) is 0 Å². The van der Waals surface area contributed by atoms with Gasteiger partial charge in [0.05, 0.1) is 0 Å². The van der Waals surface area contributed by atoms with E-state index in [-0.39, 0.29) is 0 Å². The summed E-state index contributed by atoms with van der Waals surface area (Å²) < 4.78 is 0. The Labute approximate surface area is 92.9 Å². The van der Waals surface area contributed by atoms with Crippen LogP contribution in [0.15, 0.2) is 24.8 Å². The van der Waals surface area contributed by atoms with E-state index in [2.05, 4.69) is 50.4 Å². The molecule has 0 aromatic rings. The van der Waals surface area contributed by atoms with E-state index in [0.29, 0.717) is 5.41 Å². The van der Waals surface area contributed by atoms with Crippen molar-refractivity contribution < 1.29 is 0 Å². The van der Waals surface area contributed by atoms with Crippen molar-refractivity contribution in [2.75, 3.05) is 11.5 Å². The van der Waals surface area contributed by atoms with Crippen LogP contribution in [0.4, 0.5) is 0 Å². The molecule has 0 saturated heterocycles. The van der Waals surface area contributed by atoms with Gasteiger partial charge >= 0.3 is 0 Å². The van der Waals surface area contributed by atoms with Crippen LogP contribution in [0.25, 0.3) is 0 Å². The van der Waals surface area contributed by atoms with Crippen LogP contribution in [-0.2, 0) is 0 Å². The van der Waals surface area contributed by atoms with Gasteiger partial charge in [-0.05, 0) is 36.9 Å². The SMILES string of the molecule is C=CC1CC1(CCC)CSCC=CC. The van der Waals surface area contributed by atoms with Crippen molar-refractivity contribution in [3.63, 3.8) is 0 Å². The van der Waals surface area contributed by atoms with Gasteiger partial charge in [-0.15, -0.1) is 6.58 Å². The van der Waals surface area contributed by atoms with Crippen LogP contribution in [-0.4, -0.2) is 11.5 Å². The maximum Gasteiger partial charge on any atom is 0.0113 e. The number of rotatable bonds is 7. The number of allylic oxidation sites excluding steroid dienone is 2. The molecule has 1 saturated carbocycles. The van der Waals surface area contributed by atoms with Crippen LogP contribution in [0.2, 0.25) is 0 Å². The Morgan fingerprint density at radius 3 is 2.86 bits per heavy atom. The lowest BCUT2D eigenvalue weighted by Gasteiger charge is -2.14. The second kappa shape index (κ2) is 5.65. The maximum absolute atomic E-state index is 3.92. The molecule has 0 aromatic carbocycles. The van der Waals surface area contributed by atoms with Crippen molar-refractivity contribution in [2.24, 2.45) is 11.3 Å². The van der Waals surface area contributed by atoms with Gasteiger partial charge in [0.15, 0.2) is 0 Å². The van der Waals surface area contributed by atoms with Gasteiger partial charge < -0.3 is 0 Å². The third-order valence-corrected chi connectivity index (χ3v) is 4.33. The van der Waals surface area contributed by atoms with Gasteiger partial charge in [-0.3, -0.25) is 0 Å². The van der Waals surface area contributed by atoms with Crippen molar-refractivity contribution >= 4 is 11.8 Å². The predicted molar refractivity (Wildman–Crippen MR) is 67.8 cm³/mol. The summed E-state index contributed by atoms with van der Waals surface area (Å²) >= 11 is 2.07.